The summed E-state index contributed by atoms with van der Waals surface area (Å²) in [6.07, 6.45) is 7.24. The molecule has 0 fully saturated rings. The summed E-state index contributed by atoms with van der Waals surface area (Å²) in [5, 5.41) is 23.9. The van der Waals surface area contributed by atoms with Gasteiger partial charge in [0.1, 0.15) is 14.8 Å². The van der Waals surface area contributed by atoms with Crippen LogP contribution in [0.3, 0.4) is 0 Å². The minimum atomic E-state index is -3.35. The Labute approximate surface area is 164 Å². The lowest BCUT2D eigenvalue weighted by atomic mass is 9.99. The van der Waals surface area contributed by atoms with E-state index in [-0.39, 0.29) is 4.90 Å². The molecule has 2 atom stereocenters. The molecule has 2 unspecified atom stereocenters. The molecule has 1 aliphatic heterocycles. The summed E-state index contributed by atoms with van der Waals surface area (Å²) in [5.74, 6) is 0.385. The lowest BCUT2D eigenvalue weighted by Crippen LogP contribution is -2.24. The van der Waals surface area contributed by atoms with Gasteiger partial charge in [-0.15, -0.1) is 0 Å². The van der Waals surface area contributed by atoms with Crippen molar-refractivity contribution in [3.8, 4) is 5.88 Å². The Hall–Kier alpha value is -2.10. The van der Waals surface area contributed by atoms with Gasteiger partial charge in [-0.25, -0.2) is 14.0 Å². The maximum Gasteiger partial charge on any atom is 0.233 e. The van der Waals surface area contributed by atoms with Crippen LogP contribution in [-0.2, 0) is 42.1 Å². The molecule has 3 aliphatic rings. The molecular weight excluding hydrogens is 378 g/mol. The van der Waals surface area contributed by atoms with Gasteiger partial charge in [-0.1, -0.05) is 6.07 Å². The van der Waals surface area contributed by atoms with Crippen LogP contribution in [-0.4, -0.2) is 32.1 Å². The SMILES string of the molecule is NS(=O)(=NC(O)Nc1c2c(cc3c1CCC3)CCC2)c1cnn2c1OCCC2. The van der Waals surface area contributed by atoms with Crippen LogP contribution in [0.2, 0.25) is 0 Å². The Kier molecular flexibility index (Phi) is 4.33. The summed E-state index contributed by atoms with van der Waals surface area (Å²) in [5.41, 5.74) is 6.17. The van der Waals surface area contributed by atoms with Gasteiger partial charge in [-0.2, -0.15) is 9.46 Å². The Morgan fingerprint density at radius 2 is 1.93 bits per heavy atom. The second-order valence-electron chi connectivity index (χ2n) is 7.67. The maximum absolute atomic E-state index is 13.1. The average molecular weight is 404 g/mol. The van der Waals surface area contributed by atoms with E-state index >= 15 is 0 Å². The Balaban J connectivity index is 1.48. The zero-order chi connectivity index (χ0) is 19.3. The standard InChI is InChI=1S/C19H25N5O3S/c20-28(26,16-11-21-24-8-3-9-27-18(16)24)23-19(25)22-17-14-6-1-4-12(14)10-13-5-2-7-15(13)17/h10-11,19,22,25H,1-9H2,(H2,20,23,26). The average Bonchev–Trinajstić information content (AvgIpc) is 3.39. The minimum absolute atomic E-state index is 0.233. The van der Waals surface area contributed by atoms with Crippen molar-refractivity contribution < 1.29 is 14.1 Å². The number of hydrogen-bond acceptors (Lipinski definition) is 6. The fourth-order valence-corrected chi connectivity index (χ4v) is 5.67. The first-order valence-corrected chi connectivity index (χ1v) is 11.4. The van der Waals surface area contributed by atoms with Gasteiger partial charge < -0.3 is 15.2 Å². The number of hydrogen-bond donors (Lipinski definition) is 3. The van der Waals surface area contributed by atoms with E-state index in [1.807, 2.05) is 0 Å². The van der Waals surface area contributed by atoms with Gasteiger partial charge in [-0.05, 0) is 60.8 Å². The Morgan fingerprint density at radius 1 is 1.21 bits per heavy atom. The lowest BCUT2D eigenvalue weighted by Gasteiger charge is -2.20. The van der Waals surface area contributed by atoms with E-state index in [4.69, 9.17) is 9.88 Å². The highest BCUT2D eigenvalue weighted by Gasteiger charge is 2.27. The van der Waals surface area contributed by atoms with Crippen molar-refractivity contribution in [1.29, 1.82) is 0 Å². The molecule has 0 bridgehead atoms. The molecule has 1 aromatic heterocycles. The number of ether oxygens (including phenoxy) is 1. The molecule has 2 aromatic rings. The molecule has 4 N–H and O–H groups in total. The van der Waals surface area contributed by atoms with Gasteiger partial charge in [0.25, 0.3) is 0 Å². The van der Waals surface area contributed by atoms with Crippen molar-refractivity contribution in [2.75, 3.05) is 11.9 Å². The van der Waals surface area contributed by atoms with Crippen LogP contribution in [0.15, 0.2) is 21.5 Å². The second-order valence-corrected chi connectivity index (χ2v) is 9.45. The normalized spacial score (nSPS) is 20.5. The molecule has 1 aromatic carbocycles. The monoisotopic (exact) mass is 403 g/mol. The van der Waals surface area contributed by atoms with Crippen LogP contribution in [0.1, 0.15) is 41.5 Å². The number of aliphatic hydroxyl groups is 1. The molecule has 0 radical (unpaired) electrons. The van der Waals surface area contributed by atoms with Gasteiger partial charge in [-0.3, -0.25) is 0 Å². The quantitative estimate of drug-likeness (QED) is 0.673. The molecule has 0 saturated carbocycles. The van der Waals surface area contributed by atoms with Crippen molar-refractivity contribution in [1.82, 2.24) is 9.78 Å². The smallest absolute Gasteiger partial charge is 0.233 e. The molecule has 28 heavy (non-hydrogen) atoms. The fraction of sp³-hybridized carbons (Fsp3) is 0.526. The number of nitrogens with one attached hydrogen (secondary N) is 1. The number of anilines is 1. The summed E-state index contributed by atoms with van der Waals surface area (Å²) < 4.78 is 24.3. The van der Waals surface area contributed by atoms with Gasteiger partial charge in [0, 0.05) is 18.7 Å². The largest absolute Gasteiger partial charge is 0.477 e. The number of rotatable bonds is 4. The molecule has 0 spiro atoms. The fourth-order valence-electron chi connectivity index (χ4n) is 4.60. The highest BCUT2D eigenvalue weighted by molar-refractivity contribution is 7.91. The van der Waals surface area contributed by atoms with E-state index in [2.05, 4.69) is 20.8 Å². The van der Waals surface area contributed by atoms with Crippen LogP contribution in [0.5, 0.6) is 5.88 Å². The zero-order valence-electron chi connectivity index (χ0n) is 15.7. The lowest BCUT2D eigenvalue weighted by molar-refractivity contribution is 0.215. The number of aliphatic hydroxyl groups excluding tert-OH is 1. The highest BCUT2D eigenvalue weighted by atomic mass is 32.2. The number of fused-ring (bicyclic) bond motifs is 3. The Bertz CT molecular complexity index is 1020. The molecule has 0 saturated heterocycles. The highest BCUT2D eigenvalue weighted by Crippen LogP contribution is 2.39. The molecule has 8 nitrogen and oxygen atoms in total. The van der Waals surface area contributed by atoms with E-state index in [9.17, 15) is 9.32 Å². The van der Waals surface area contributed by atoms with E-state index in [0.717, 1.165) is 50.6 Å². The third-order valence-corrected chi connectivity index (χ3v) is 7.25. The predicted molar refractivity (Wildman–Crippen MR) is 105 cm³/mol. The summed E-state index contributed by atoms with van der Waals surface area (Å²) in [4.78, 5) is 0.233. The van der Waals surface area contributed by atoms with Gasteiger partial charge in [0.15, 0.2) is 0 Å². The van der Waals surface area contributed by atoms with E-state index < -0.39 is 16.3 Å². The summed E-state index contributed by atoms with van der Waals surface area (Å²) in [7, 11) is -3.35. The van der Waals surface area contributed by atoms with Crippen LogP contribution in [0.4, 0.5) is 5.69 Å². The van der Waals surface area contributed by atoms with Gasteiger partial charge >= 0.3 is 0 Å². The van der Waals surface area contributed by atoms with Gasteiger partial charge in [0.05, 0.1) is 12.8 Å². The van der Waals surface area contributed by atoms with Gasteiger partial charge in [0.2, 0.25) is 12.2 Å². The number of nitrogens with zero attached hydrogens (tertiary/aromatic N) is 3. The third-order valence-electron chi connectivity index (χ3n) is 5.83. The first kappa shape index (κ1) is 18.0. The van der Waals surface area contributed by atoms with E-state index in [1.165, 1.54) is 28.5 Å². The summed E-state index contributed by atoms with van der Waals surface area (Å²) in [6, 6.07) is 2.32. The zero-order valence-corrected chi connectivity index (χ0v) is 16.5. The second kappa shape index (κ2) is 6.75. The predicted octanol–water partition coefficient (Wildman–Crippen LogP) is 1.73. The molecular formula is C19H25N5O3S. The number of nitrogens with two attached hydrogens (primary N) is 1. The molecule has 2 heterocycles. The first-order valence-electron chi connectivity index (χ1n) is 9.87. The van der Waals surface area contributed by atoms with Crippen LogP contribution < -0.4 is 15.2 Å². The van der Waals surface area contributed by atoms with Crippen molar-refractivity contribution in [3.05, 3.63) is 34.5 Å². The van der Waals surface area contributed by atoms with Crippen LogP contribution in [0, 0.1) is 0 Å². The molecule has 5 rings (SSSR count). The molecule has 2 aliphatic carbocycles. The first-order chi connectivity index (χ1) is 13.5. The van der Waals surface area contributed by atoms with E-state index in [0.29, 0.717) is 19.0 Å². The van der Waals surface area contributed by atoms with Crippen molar-refractivity contribution in [3.63, 3.8) is 0 Å². The van der Waals surface area contributed by atoms with Crippen molar-refractivity contribution in [2.45, 2.75) is 62.7 Å². The number of benzene rings is 1. The molecule has 150 valence electrons. The topological polar surface area (TPSA) is 115 Å². The number of aryl methyl sites for hydroxylation is 3. The Morgan fingerprint density at radius 3 is 2.64 bits per heavy atom. The van der Waals surface area contributed by atoms with Crippen molar-refractivity contribution >= 4 is 15.6 Å². The van der Waals surface area contributed by atoms with Crippen molar-refractivity contribution in [2.24, 2.45) is 9.50 Å². The van der Waals surface area contributed by atoms with E-state index in [1.54, 1.807) is 4.68 Å². The summed E-state index contributed by atoms with van der Waals surface area (Å²) in [6.45, 7) is 1.21. The minimum Gasteiger partial charge on any atom is -0.477 e. The molecule has 0 amide bonds. The third kappa shape index (κ3) is 2.98. The number of aromatic nitrogens is 2. The maximum atomic E-state index is 13.1. The molecule has 9 heteroatoms. The summed E-state index contributed by atoms with van der Waals surface area (Å²) >= 11 is 0. The van der Waals surface area contributed by atoms with Crippen LogP contribution >= 0.6 is 0 Å². The van der Waals surface area contributed by atoms with Crippen LogP contribution in [0.25, 0.3) is 0 Å².